The van der Waals surface area contributed by atoms with Gasteiger partial charge in [-0.1, -0.05) is 97.1 Å². The van der Waals surface area contributed by atoms with Gasteiger partial charge >= 0.3 is 0 Å². The minimum atomic E-state index is 0.920. The van der Waals surface area contributed by atoms with Crippen molar-refractivity contribution in [2.75, 3.05) is 0 Å². The Labute approximate surface area is 287 Å². The van der Waals surface area contributed by atoms with Crippen LogP contribution in [0.3, 0.4) is 0 Å². The van der Waals surface area contributed by atoms with Gasteiger partial charge < -0.3 is 0 Å². The molecular formula is C45H27N5. The summed E-state index contributed by atoms with van der Waals surface area (Å²) >= 11 is 0. The van der Waals surface area contributed by atoms with Crippen molar-refractivity contribution in [3.05, 3.63) is 164 Å². The van der Waals surface area contributed by atoms with Crippen LogP contribution in [0.2, 0.25) is 0 Å². The Morgan fingerprint density at radius 2 is 0.960 bits per heavy atom. The molecule has 0 spiro atoms. The third-order valence-electron chi connectivity index (χ3n) is 9.55. The quantitative estimate of drug-likeness (QED) is 0.180. The smallest absolute Gasteiger partial charge is 0.0972 e. The largest absolute Gasteiger partial charge is 0.256 e. The number of para-hydroxylation sites is 1. The van der Waals surface area contributed by atoms with Crippen LogP contribution in [0.4, 0.5) is 0 Å². The van der Waals surface area contributed by atoms with Gasteiger partial charge in [0, 0.05) is 56.0 Å². The summed E-state index contributed by atoms with van der Waals surface area (Å²) in [5.41, 5.74) is 13.0. The van der Waals surface area contributed by atoms with E-state index in [2.05, 4.69) is 131 Å². The van der Waals surface area contributed by atoms with E-state index in [0.29, 0.717) is 0 Å². The van der Waals surface area contributed by atoms with E-state index in [1.165, 1.54) is 0 Å². The van der Waals surface area contributed by atoms with Gasteiger partial charge in [-0.2, -0.15) is 0 Å². The molecule has 10 aromatic rings. The lowest BCUT2D eigenvalue weighted by atomic mass is 10.00. The van der Waals surface area contributed by atoms with Crippen LogP contribution >= 0.6 is 0 Å². The monoisotopic (exact) mass is 637 g/mol. The predicted octanol–water partition coefficient (Wildman–Crippen LogP) is 11.1. The van der Waals surface area contributed by atoms with Gasteiger partial charge in [-0.3, -0.25) is 9.97 Å². The maximum Gasteiger partial charge on any atom is 0.0972 e. The fourth-order valence-corrected chi connectivity index (χ4v) is 6.93. The average Bonchev–Trinajstić information content (AvgIpc) is 3.19. The number of pyridine rings is 5. The van der Waals surface area contributed by atoms with Gasteiger partial charge in [0.05, 0.1) is 44.7 Å². The summed E-state index contributed by atoms with van der Waals surface area (Å²) in [7, 11) is 0. The number of rotatable bonds is 4. The van der Waals surface area contributed by atoms with Crippen molar-refractivity contribution in [2.24, 2.45) is 0 Å². The molecule has 0 atom stereocenters. The van der Waals surface area contributed by atoms with E-state index >= 15 is 0 Å². The summed E-state index contributed by atoms with van der Waals surface area (Å²) in [5.74, 6) is 0. The standard InChI is InChI=1S/C45H27N5/c1-2-6-41-36(5-1)37(23-25-46-41)42-22-15-30-11-14-34(27-43(30)49-42)33-17-20-40-35(26-33)18-21-38(48-40)28-7-9-29(10-8-28)39-19-16-32-13-12-31-4-3-24-47-44(31)45(32)50-39/h1-27H. The predicted molar refractivity (Wildman–Crippen MR) is 205 cm³/mol. The van der Waals surface area contributed by atoms with Crippen molar-refractivity contribution in [1.82, 2.24) is 24.9 Å². The van der Waals surface area contributed by atoms with Gasteiger partial charge in [0.25, 0.3) is 0 Å². The molecule has 0 N–H and O–H groups in total. The molecule has 5 aromatic carbocycles. The van der Waals surface area contributed by atoms with Gasteiger partial charge in [0.2, 0.25) is 0 Å². The zero-order valence-electron chi connectivity index (χ0n) is 26.8. The van der Waals surface area contributed by atoms with E-state index < -0.39 is 0 Å². The van der Waals surface area contributed by atoms with Crippen molar-refractivity contribution < 1.29 is 0 Å². The first-order valence-corrected chi connectivity index (χ1v) is 16.7. The molecule has 5 aromatic heterocycles. The number of benzene rings is 5. The number of aromatic nitrogens is 5. The fourth-order valence-electron chi connectivity index (χ4n) is 6.93. The van der Waals surface area contributed by atoms with E-state index in [0.717, 1.165) is 99.4 Å². The van der Waals surface area contributed by atoms with Crippen molar-refractivity contribution >= 4 is 54.5 Å². The summed E-state index contributed by atoms with van der Waals surface area (Å²) in [6, 6.07) is 52.6. The molecule has 50 heavy (non-hydrogen) atoms. The number of hydrogen-bond acceptors (Lipinski definition) is 5. The Morgan fingerprint density at radius 1 is 0.320 bits per heavy atom. The minimum absolute atomic E-state index is 0.920. The summed E-state index contributed by atoms with van der Waals surface area (Å²) in [4.78, 5) is 24.3. The molecule has 10 rings (SSSR count). The Bertz CT molecular complexity index is 2930. The second kappa shape index (κ2) is 11.4. The number of hydrogen-bond donors (Lipinski definition) is 0. The molecule has 0 amide bonds. The molecule has 0 bridgehead atoms. The average molecular weight is 638 g/mol. The Kier molecular flexibility index (Phi) is 6.42. The molecule has 5 heterocycles. The van der Waals surface area contributed by atoms with Crippen LogP contribution in [0.25, 0.3) is 99.4 Å². The second-order valence-corrected chi connectivity index (χ2v) is 12.6. The maximum absolute atomic E-state index is 5.09. The zero-order valence-corrected chi connectivity index (χ0v) is 26.8. The SMILES string of the molecule is c1cnc2c(c1)ccc1ccc(-c3ccc(-c4ccc5cc(-c6ccc7ccc(-c8ccnc9ccccc89)nc7c6)ccc5n4)cc3)nc12. The van der Waals surface area contributed by atoms with Crippen LogP contribution in [0, 0.1) is 0 Å². The van der Waals surface area contributed by atoms with E-state index in [1.807, 2.05) is 42.7 Å². The number of fused-ring (bicyclic) bond motifs is 6. The van der Waals surface area contributed by atoms with Gasteiger partial charge in [-0.25, -0.2) is 15.0 Å². The normalized spacial score (nSPS) is 11.6. The molecule has 0 radical (unpaired) electrons. The molecule has 0 unspecified atom stereocenters. The lowest BCUT2D eigenvalue weighted by Gasteiger charge is -2.10. The van der Waals surface area contributed by atoms with Crippen molar-refractivity contribution in [3.63, 3.8) is 0 Å². The third-order valence-corrected chi connectivity index (χ3v) is 9.55. The highest BCUT2D eigenvalue weighted by atomic mass is 14.8. The van der Waals surface area contributed by atoms with Crippen LogP contribution < -0.4 is 0 Å². The molecule has 0 aliphatic heterocycles. The lowest BCUT2D eigenvalue weighted by Crippen LogP contribution is -1.90. The van der Waals surface area contributed by atoms with E-state index in [4.69, 9.17) is 15.0 Å². The zero-order chi connectivity index (χ0) is 33.0. The van der Waals surface area contributed by atoms with Gasteiger partial charge in [0.15, 0.2) is 0 Å². The van der Waals surface area contributed by atoms with E-state index in [1.54, 1.807) is 0 Å². The van der Waals surface area contributed by atoms with Crippen molar-refractivity contribution in [3.8, 4) is 44.9 Å². The third kappa shape index (κ3) is 4.83. The van der Waals surface area contributed by atoms with Crippen LogP contribution in [0.15, 0.2) is 164 Å². The first kappa shape index (κ1) is 28.2. The minimum Gasteiger partial charge on any atom is -0.256 e. The molecular weight excluding hydrogens is 611 g/mol. The first-order chi connectivity index (χ1) is 24.7. The lowest BCUT2D eigenvalue weighted by molar-refractivity contribution is 1.36. The highest BCUT2D eigenvalue weighted by molar-refractivity contribution is 6.03. The van der Waals surface area contributed by atoms with Gasteiger partial charge in [-0.15, -0.1) is 0 Å². The Balaban J connectivity index is 0.946. The van der Waals surface area contributed by atoms with Gasteiger partial charge in [0.1, 0.15) is 0 Å². The van der Waals surface area contributed by atoms with Crippen molar-refractivity contribution in [1.29, 1.82) is 0 Å². The van der Waals surface area contributed by atoms with Crippen LogP contribution in [0.1, 0.15) is 0 Å². The van der Waals surface area contributed by atoms with Crippen LogP contribution in [-0.4, -0.2) is 24.9 Å². The molecule has 5 nitrogen and oxygen atoms in total. The molecule has 0 fully saturated rings. The summed E-state index contributed by atoms with van der Waals surface area (Å²) in [6.45, 7) is 0. The van der Waals surface area contributed by atoms with Gasteiger partial charge in [-0.05, 0) is 65.7 Å². The maximum atomic E-state index is 5.09. The summed E-state index contributed by atoms with van der Waals surface area (Å²) < 4.78 is 0. The molecule has 0 saturated heterocycles. The van der Waals surface area contributed by atoms with Crippen LogP contribution in [0.5, 0.6) is 0 Å². The highest BCUT2D eigenvalue weighted by Gasteiger charge is 2.11. The Morgan fingerprint density at radius 3 is 1.84 bits per heavy atom. The molecule has 5 heteroatoms. The van der Waals surface area contributed by atoms with Crippen molar-refractivity contribution in [2.45, 2.75) is 0 Å². The summed E-state index contributed by atoms with van der Waals surface area (Å²) in [5, 5.41) is 5.48. The molecule has 0 saturated carbocycles. The summed E-state index contributed by atoms with van der Waals surface area (Å²) in [6.07, 6.45) is 3.68. The molecule has 232 valence electrons. The highest BCUT2D eigenvalue weighted by Crippen LogP contribution is 2.32. The Hall–Kier alpha value is -6.85. The van der Waals surface area contributed by atoms with E-state index in [-0.39, 0.29) is 0 Å². The topological polar surface area (TPSA) is 64.5 Å². The van der Waals surface area contributed by atoms with Crippen LogP contribution in [-0.2, 0) is 0 Å². The van der Waals surface area contributed by atoms with E-state index in [9.17, 15) is 0 Å². The molecule has 0 aliphatic rings. The molecule has 0 aliphatic carbocycles. The first-order valence-electron chi connectivity index (χ1n) is 16.7. The fraction of sp³-hybridized carbons (Fsp3) is 0. The number of nitrogens with zero attached hydrogens (tertiary/aromatic N) is 5. The second-order valence-electron chi connectivity index (χ2n) is 12.6.